The molecule has 29 heavy (non-hydrogen) atoms. The van der Waals surface area contributed by atoms with Crippen molar-refractivity contribution in [3.63, 3.8) is 0 Å². The zero-order chi connectivity index (χ0) is 19.8. The van der Waals surface area contributed by atoms with Gasteiger partial charge in [-0.15, -0.1) is 21.5 Å². The molecule has 0 radical (unpaired) electrons. The van der Waals surface area contributed by atoms with Crippen molar-refractivity contribution in [3.05, 3.63) is 57.3 Å². The summed E-state index contributed by atoms with van der Waals surface area (Å²) in [7, 11) is 0. The Kier molecular flexibility index (Phi) is 4.88. The molecule has 5 rings (SSSR count). The summed E-state index contributed by atoms with van der Waals surface area (Å²) < 4.78 is 9.28. The lowest BCUT2D eigenvalue weighted by molar-refractivity contribution is 0.483. The van der Waals surface area contributed by atoms with Crippen molar-refractivity contribution in [2.75, 3.05) is 18.0 Å². The molecule has 0 unspecified atom stereocenters. The Bertz CT molecular complexity index is 1190. The summed E-state index contributed by atoms with van der Waals surface area (Å²) in [5, 5.41) is 11.6. The molecule has 0 saturated carbocycles. The first-order valence-electron chi connectivity index (χ1n) is 9.49. The van der Waals surface area contributed by atoms with E-state index in [1.807, 2.05) is 24.4 Å². The maximum atomic E-state index is 12.4. The van der Waals surface area contributed by atoms with Gasteiger partial charge in [0, 0.05) is 36.0 Å². The van der Waals surface area contributed by atoms with Gasteiger partial charge in [-0.2, -0.15) is 0 Å². The van der Waals surface area contributed by atoms with E-state index in [2.05, 4.69) is 24.6 Å². The Morgan fingerprint density at radius 1 is 1.28 bits per heavy atom. The summed E-state index contributed by atoms with van der Waals surface area (Å²) in [6, 6.07) is 5.45. The minimum absolute atomic E-state index is 0.0424. The first kappa shape index (κ1) is 18.4. The van der Waals surface area contributed by atoms with E-state index < -0.39 is 0 Å². The van der Waals surface area contributed by atoms with E-state index in [-0.39, 0.29) is 5.56 Å². The highest BCUT2D eigenvalue weighted by molar-refractivity contribution is 7.98. The van der Waals surface area contributed by atoms with Crippen molar-refractivity contribution >= 4 is 34.0 Å². The molecule has 10 heteroatoms. The summed E-state index contributed by atoms with van der Waals surface area (Å²) >= 11 is 3.02. The van der Waals surface area contributed by atoms with Gasteiger partial charge in [0.2, 0.25) is 5.95 Å². The summed E-state index contributed by atoms with van der Waals surface area (Å²) in [5.41, 5.74) is 1.62. The minimum atomic E-state index is -0.0424. The van der Waals surface area contributed by atoms with Crippen LogP contribution in [0.15, 0.2) is 44.2 Å². The highest BCUT2D eigenvalue weighted by Crippen LogP contribution is 2.27. The number of aryl methyl sites for hydroxylation is 1. The van der Waals surface area contributed by atoms with E-state index in [9.17, 15) is 4.79 Å². The predicted molar refractivity (Wildman–Crippen MR) is 113 cm³/mol. The number of hydrogen-bond acceptors (Lipinski definition) is 8. The quantitative estimate of drug-likeness (QED) is 0.436. The second-order valence-electron chi connectivity index (χ2n) is 7.01. The molecule has 0 aromatic carbocycles. The van der Waals surface area contributed by atoms with Gasteiger partial charge >= 0.3 is 0 Å². The third kappa shape index (κ3) is 3.58. The average molecular weight is 429 g/mol. The summed E-state index contributed by atoms with van der Waals surface area (Å²) in [4.78, 5) is 20.0. The lowest BCUT2D eigenvalue weighted by Crippen LogP contribution is -2.22. The lowest BCUT2D eigenvalue weighted by Gasteiger charge is -2.17. The highest BCUT2D eigenvalue weighted by atomic mass is 32.2. The molecular weight excluding hydrogens is 408 g/mol. The normalized spacial score (nSPS) is 14.3. The fourth-order valence-corrected chi connectivity index (χ4v) is 5.27. The first-order valence-corrected chi connectivity index (χ1v) is 11.4. The van der Waals surface area contributed by atoms with Gasteiger partial charge < -0.3 is 9.32 Å². The molecule has 5 heterocycles. The molecule has 1 fully saturated rings. The number of anilines is 1. The second kappa shape index (κ2) is 7.68. The number of thioether (sulfide) groups is 1. The number of nitrogens with zero attached hydrogens (tertiary/aromatic N) is 6. The van der Waals surface area contributed by atoms with E-state index in [1.54, 1.807) is 28.5 Å². The maximum Gasteiger partial charge on any atom is 0.258 e. The number of rotatable bonds is 6. The Labute approximate surface area is 175 Å². The van der Waals surface area contributed by atoms with Crippen LogP contribution in [0.25, 0.3) is 4.96 Å². The van der Waals surface area contributed by atoms with Crippen LogP contribution < -0.4 is 10.5 Å². The van der Waals surface area contributed by atoms with E-state index in [0.29, 0.717) is 12.3 Å². The highest BCUT2D eigenvalue weighted by Gasteiger charge is 2.22. The molecule has 0 N–H and O–H groups in total. The largest absolute Gasteiger partial charge is 0.467 e. The molecule has 0 aliphatic carbocycles. The van der Waals surface area contributed by atoms with Gasteiger partial charge in [-0.05, 0) is 31.9 Å². The van der Waals surface area contributed by atoms with Crippen LogP contribution in [0.1, 0.15) is 30.0 Å². The molecule has 4 aromatic heterocycles. The molecule has 150 valence electrons. The summed E-state index contributed by atoms with van der Waals surface area (Å²) in [5.74, 6) is 2.29. The molecule has 1 aliphatic heterocycles. The monoisotopic (exact) mass is 428 g/mol. The van der Waals surface area contributed by atoms with Gasteiger partial charge in [0.05, 0.1) is 18.5 Å². The molecule has 1 saturated heterocycles. The zero-order valence-corrected chi connectivity index (χ0v) is 17.6. The van der Waals surface area contributed by atoms with E-state index >= 15 is 0 Å². The molecular formula is C19H20N6O2S2. The van der Waals surface area contributed by atoms with Gasteiger partial charge in [0.1, 0.15) is 5.76 Å². The Hall–Kier alpha value is -2.59. The van der Waals surface area contributed by atoms with Crippen molar-refractivity contribution in [1.29, 1.82) is 0 Å². The average Bonchev–Trinajstić information content (AvgIpc) is 3.49. The second-order valence-corrected chi connectivity index (χ2v) is 8.79. The molecule has 0 amide bonds. The Morgan fingerprint density at radius 3 is 2.93 bits per heavy atom. The molecule has 8 nitrogen and oxygen atoms in total. The minimum Gasteiger partial charge on any atom is -0.467 e. The van der Waals surface area contributed by atoms with Crippen molar-refractivity contribution in [1.82, 2.24) is 24.1 Å². The van der Waals surface area contributed by atoms with Crippen molar-refractivity contribution in [3.8, 4) is 0 Å². The van der Waals surface area contributed by atoms with E-state index in [1.165, 1.54) is 24.2 Å². The predicted octanol–water partition coefficient (Wildman–Crippen LogP) is 3.19. The number of aromatic nitrogens is 5. The van der Waals surface area contributed by atoms with Crippen molar-refractivity contribution < 1.29 is 4.42 Å². The van der Waals surface area contributed by atoms with Crippen LogP contribution >= 0.6 is 23.1 Å². The van der Waals surface area contributed by atoms with E-state index in [0.717, 1.165) is 46.3 Å². The van der Waals surface area contributed by atoms with Gasteiger partial charge in [-0.25, -0.2) is 4.98 Å². The molecule has 0 bridgehead atoms. The van der Waals surface area contributed by atoms with Crippen molar-refractivity contribution in [2.45, 2.75) is 37.2 Å². The van der Waals surface area contributed by atoms with Crippen LogP contribution in [0.2, 0.25) is 0 Å². The standard InChI is InChI=1S/C19H20N6O2S2/c1-13-11-28-18-20-14(9-16(26)25(13)18)12-29-19-22-21-17(23-6-2-3-7-23)24(19)10-15-5-4-8-27-15/h4-5,8-9,11H,2-3,6-7,10,12H2,1H3. The smallest absolute Gasteiger partial charge is 0.258 e. The van der Waals surface area contributed by atoms with Crippen LogP contribution in [0.5, 0.6) is 0 Å². The number of hydrogen-bond donors (Lipinski definition) is 0. The zero-order valence-electron chi connectivity index (χ0n) is 15.9. The Balaban J connectivity index is 1.42. The third-order valence-electron chi connectivity index (χ3n) is 4.96. The van der Waals surface area contributed by atoms with Crippen LogP contribution in [0.4, 0.5) is 5.95 Å². The SMILES string of the molecule is Cc1csc2nc(CSc3nnc(N4CCCC4)n3Cc3ccco3)cc(=O)n12. The van der Waals surface area contributed by atoms with Crippen LogP contribution in [0, 0.1) is 6.92 Å². The first-order chi connectivity index (χ1) is 14.2. The van der Waals surface area contributed by atoms with Crippen molar-refractivity contribution in [2.24, 2.45) is 0 Å². The number of fused-ring (bicyclic) bond motifs is 1. The van der Waals surface area contributed by atoms with Gasteiger partial charge in [0.15, 0.2) is 10.1 Å². The fourth-order valence-electron chi connectivity index (χ4n) is 3.55. The Morgan fingerprint density at radius 2 is 2.14 bits per heavy atom. The number of furan rings is 1. The van der Waals surface area contributed by atoms with Crippen LogP contribution in [0.3, 0.4) is 0 Å². The van der Waals surface area contributed by atoms with Gasteiger partial charge in [0.25, 0.3) is 5.56 Å². The molecule has 0 atom stereocenters. The lowest BCUT2D eigenvalue weighted by atomic mass is 10.4. The topological polar surface area (TPSA) is 81.5 Å². The van der Waals surface area contributed by atoms with Gasteiger partial charge in [-0.3, -0.25) is 13.8 Å². The fraction of sp³-hybridized carbons (Fsp3) is 0.368. The summed E-state index contributed by atoms with van der Waals surface area (Å²) in [6.07, 6.45) is 4.02. The van der Waals surface area contributed by atoms with Crippen LogP contribution in [-0.4, -0.2) is 37.2 Å². The molecule has 0 spiro atoms. The molecule has 4 aromatic rings. The third-order valence-corrected chi connectivity index (χ3v) is 6.90. The van der Waals surface area contributed by atoms with Gasteiger partial charge in [-0.1, -0.05) is 11.8 Å². The maximum absolute atomic E-state index is 12.4. The molecule has 1 aliphatic rings. The van der Waals surface area contributed by atoms with Crippen LogP contribution in [-0.2, 0) is 12.3 Å². The number of thiazole rings is 1. The summed E-state index contributed by atoms with van der Waals surface area (Å²) in [6.45, 7) is 4.48. The van der Waals surface area contributed by atoms with E-state index in [4.69, 9.17) is 4.42 Å².